The van der Waals surface area contributed by atoms with Gasteiger partial charge in [0.05, 0.1) is 5.56 Å². The van der Waals surface area contributed by atoms with Gasteiger partial charge in [0.25, 0.3) is 0 Å². The van der Waals surface area contributed by atoms with Gasteiger partial charge in [-0.15, -0.1) is 0 Å². The number of halogens is 3. The van der Waals surface area contributed by atoms with E-state index >= 15 is 0 Å². The molecule has 0 heterocycles. The molecule has 0 saturated carbocycles. The van der Waals surface area contributed by atoms with E-state index in [4.69, 9.17) is 0 Å². The second-order valence-corrected chi connectivity index (χ2v) is 4.43. The van der Waals surface area contributed by atoms with Crippen molar-refractivity contribution < 1.29 is 13.2 Å². The van der Waals surface area contributed by atoms with Crippen molar-refractivity contribution in [1.82, 2.24) is 0 Å². The number of alkyl halides is 3. The minimum atomic E-state index is -4.21. The van der Waals surface area contributed by atoms with Crippen LogP contribution in [0.5, 0.6) is 0 Å². The van der Waals surface area contributed by atoms with Gasteiger partial charge in [0.2, 0.25) is 0 Å². The highest BCUT2D eigenvalue weighted by Gasteiger charge is 2.29. The Hall–Kier alpha value is -1.77. The van der Waals surface area contributed by atoms with Crippen molar-refractivity contribution in [3.63, 3.8) is 0 Å². The SMILES string of the molecule is CC(C)c1ccccc1.FC(F)(F)c1ccccc1. The lowest BCUT2D eigenvalue weighted by Crippen LogP contribution is -2.03. The van der Waals surface area contributed by atoms with Gasteiger partial charge in [0.1, 0.15) is 0 Å². The third kappa shape index (κ3) is 5.60. The van der Waals surface area contributed by atoms with Crippen LogP contribution in [0.4, 0.5) is 13.2 Å². The standard InChI is InChI=1S/C9H12.C7H5F3/c1-8(2)9-6-4-3-5-7-9;8-7(9,10)6-4-2-1-3-5-6/h3-8H,1-2H3;1-5H. The monoisotopic (exact) mass is 266 g/mol. The molecule has 19 heavy (non-hydrogen) atoms. The summed E-state index contributed by atoms with van der Waals surface area (Å²) in [5, 5.41) is 0. The van der Waals surface area contributed by atoms with Crippen LogP contribution in [-0.4, -0.2) is 0 Å². The second-order valence-electron chi connectivity index (χ2n) is 4.43. The first-order chi connectivity index (χ1) is 8.91. The van der Waals surface area contributed by atoms with Gasteiger partial charge >= 0.3 is 6.18 Å². The average molecular weight is 266 g/mol. The maximum Gasteiger partial charge on any atom is 0.416 e. The molecule has 0 spiro atoms. The molecule has 0 radical (unpaired) electrons. The minimum absolute atomic E-state index is 0.602. The summed E-state index contributed by atoms with van der Waals surface area (Å²) < 4.78 is 35.4. The highest BCUT2D eigenvalue weighted by atomic mass is 19.4. The van der Waals surface area contributed by atoms with E-state index in [1.807, 2.05) is 6.07 Å². The Kier molecular flexibility index (Phi) is 5.61. The molecular weight excluding hydrogens is 249 g/mol. The van der Waals surface area contributed by atoms with E-state index in [1.165, 1.54) is 17.7 Å². The fourth-order valence-electron chi connectivity index (χ4n) is 1.47. The van der Waals surface area contributed by atoms with Crippen LogP contribution in [0.15, 0.2) is 60.7 Å². The first kappa shape index (κ1) is 15.3. The Labute approximate surface area is 111 Å². The smallest absolute Gasteiger partial charge is 0.166 e. The fraction of sp³-hybridized carbons (Fsp3) is 0.250. The molecule has 0 bridgehead atoms. The van der Waals surface area contributed by atoms with Crippen molar-refractivity contribution in [3.8, 4) is 0 Å². The Morgan fingerprint density at radius 1 is 0.737 bits per heavy atom. The Bertz CT molecular complexity index is 458. The van der Waals surface area contributed by atoms with Crippen molar-refractivity contribution in [2.45, 2.75) is 25.9 Å². The average Bonchev–Trinajstić information content (AvgIpc) is 2.40. The Balaban J connectivity index is 0.000000191. The van der Waals surface area contributed by atoms with Gasteiger partial charge in [-0.1, -0.05) is 74.5 Å². The van der Waals surface area contributed by atoms with E-state index in [1.54, 1.807) is 6.07 Å². The van der Waals surface area contributed by atoms with Crippen molar-refractivity contribution >= 4 is 0 Å². The van der Waals surface area contributed by atoms with Crippen LogP contribution in [0.2, 0.25) is 0 Å². The molecule has 0 aliphatic carbocycles. The molecular formula is C16H17F3. The van der Waals surface area contributed by atoms with Gasteiger partial charge in [-0.3, -0.25) is 0 Å². The quantitative estimate of drug-likeness (QED) is 0.638. The summed E-state index contributed by atoms with van der Waals surface area (Å²) in [5.74, 6) is 0.659. The summed E-state index contributed by atoms with van der Waals surface area (Å²) in [4.78, 5) is 0. The zero-order chi connectivity index (χ0) is 14.3. The van der Waals surface area contributed by atoms with E-state index in [9.17, 15) is 13.2 Å². The highest BCUT2D eigenvalue weighted by molar-refractivity contribution is 5.18. The molecule has 2 rings (SSSR count). The molecule has 0 atom stereocenters. The number of benzene rings is 2. The summed E-state index contributed by atoms with van der Waals surface area (Å²) in [7, 11) is 0. The van der Waals surface area contributed by atoms with Crippen LogP contribution in [0, 0.1) is 0 Å². The third-order valence-corrected chi connectivity index (χ3v) is 2.57. The molecule has 0 amide bonds. The van der Waals surface area contributed by atoms with Gasteiger partial charge in [0, 0.05) is 0 Å². The van der Waals surface area contributed by atoms with Gasteiger partial charge in [-0.2, -0.15) is 13.2 Å². The fourth-order valence-corrected chi connectivity index (χ4v) is 1.47. The molecule has 0 N–H and O–H groups in total. The van der Waals surface area contributed by atoms with Crippen molar-refractivity contribution in [3.05, 3.63) is 71.8 Å². The van der Waals surface area contributed by atoms with Crippen LogP contribution < -0.4 is 0 Å². The number of hydrogen-bond donors (Lipinski definition) is 0. The lowest BCUT2D eigenvalue weighted by atomic mass is 10.0. The molecule has 102 valence electrons. The summed E-state index contributed by atoms with van der Waals surface area (Å²) >= 11 is 0. The predicted octanol–water partition coefficient (Wildman–Crippen LogP) is 5.52. The zero-order valence-corrected chi connectivity index (χ0v) is 11.0. The maximum absolute atomic E-state index is 11.8. The second kappa shape index (κ2) is 6.98. The van der Waals surface area contributed by atoms with E-state index in [-0.39, 0.29) is 0 Å². The largest absolute Gasteiger partial charge is 0.416 e. The lowest BCUT2D eigenvalue weighted by molar-refractivity contribution is -0.137. The Morgan fingerprint density at radius 3 is 1.42 bits per heavy atom. The summed E-state index contributed by atoms with van der Waals surface area (Å²) in [6, 6.07) is 16.9. The lowest BCUT2D eigenvalue weighted by Gasteiger charge is -2.03. The summed E-state index contributed by atoms with van der Waals surface area (Å²) in [6.45, 7) is 4.41. The van der Waals surface area contributed by atoms with Crippen LogP contribution in [0.25, 0.3) is 0 Å². The van der Waals surface area contributed by atoms with Crippen LogP contribution in [0.1, 0.15) is 30.9 Å². The highest BCUT2D eigenvalue weighted by Crippen LogP contribution is 2.28. The molecule has 0 unspecified atom stereocenters. The summed E-state index contributed by atoms with van der Waals surface area (Å²) in [5.41, 5.74) is 0.812. The van der Waals surface area contributed by atoms with Gasteiger partial charge in [-0.25, -0.2) is 0 Å². The molecule has 3 heteroatoms. The third-order valence-electron chi connectivity index (χ3n) is 2.57. The molecule has 0 aromatic heterocycles. The van der Waals surface area contributed by atoms with E-state index in [2.05, 4.69) is 38.1 Å². The summed E-state index contributed by atoms with van der Waals surface area (Å²) in [6.07, 6.45) is -4.21. The molecule has 2 aromatic rings. The van der Waals surface area contributed by atoms with Crippen molar-refractivity contribution in [2.24, 2.45) is 0 Å². The molecule has 0 aliphatic rings. The van der Waals surface area contributed by atoms with Gasteiger partial charge in [0.15, 0.2) is 0 Å². The molecule has 0 saturated heterocycles. The Morgan fingerprint density at radius 2 is 1.16 bits per heavy atom. The molecule has 0 aliphatic heterocycles. The van der Waals surface area contributed by atoms with Gasteiger partial charge in [-0.05, 0) is 11.5 Å². The van der Waals surface area contributed by atoms with Crippen LogP contribution in [0.3, 0.4) is 0 Å². The zero-order valence-electron chi connectivity index (χ0n) is 11.0. The van der Waals surface area contributed by atoms with E-state index < -0.39 is 11.7 Å². The number of hydrogen-bond acceptors (Lipinski definition) is 0. The predicted molar refractivity (Wildman–Crippen MR) is 72.0 cm³/mol. The maximum atomic E-state index is 11.8. The molecule has 2 aromatic carbocycles. The topological polar surface area (TPSA) is 0 Å². The van der Waals surface area contributed by atoms with Crippen molar-refractivity contribution in [2.75, 3.05) is 0 Å². The number of rotatable bonds is 1. The molecule has 0 nitrogen and oxygen atoms in total. The van der Waals surface area contributed by atoms with Crippen molar-refractivity contribution in [1.29, 1.82) is 0 Å². The first-order valence-corrected chi connectivity index (χ1v) is 6.08. The first-order valence-electron chi connectivity index (χ1n) is 6.08. The van der Waals surface area contributed by atoms with E-state index in [0.717, 1.165) is 12.1 Å². The van der Waals surface area contributed by atoms with Crippen LogP contribution in [-0.2, 0) is 6.18 Å². The normalized spacial score (nSPS) is 10.8. The van der Waals surface area contributed by atoms with Crippen LogP contribution >= 0.6 is 0 Å². The minimum Gasteiger partial charge on any atom is -0.166 e. The van der Waals surface area contributed by atoms with Gasteiger partial charge < -0.3 is 0 Å². The van der Waals surface area contributed by atoms with E-state index in [0.29, 0.717) is 5.92 Å². The molecule has 0 fully saturated rings.